The Bertz CT molecular complexity index is 469. The van der Waals surface area contributed by atoms with Crippen LogP contribution in [0.15, 0.2) is 0 Å². The topological polar surface area (TPSA) is 27.7 Å². The van der Waals surface area contributed by atoms with E-state index >= 15 is 4.39 Å². The highest BCUT2D eigenvalue weighted by molar-refractivity contribution is 6.60. The minimum atomic E-state index is -3.00. The van der Waals surface area contributed by atoms with Gasteiger partial charge in [0.2, 0.25) is 5.85 Å². The zero-order chi connectivity index (χ0) is 28.2. The lowest BCUT2D eigenvalue weighted by molar-refractivity contribution is -0.109. The monoisotopic (exact) mass is 561 g/mol. The van der Waals surface area contributed by atoms with Crippen LogP contribution >= 0.6 is 0 Å². The molecular weight excluding hydrogens is 491 g/mol. The third-order valence-electron chi connectivity index (χ3n) is 7.66. The van der Waals surface area contributed by atoms with Crippen molar-refractivity contribution in [2.75, 3.05) is 13.2 Å². The highest BCUT2D eigenvalue weighted by atomic mass is 28.4. The molecule has 3 nitrogen and oxygen atoms in total. The van der Waals surface area contributed by atoms with Crippen LogP contribution in [0.5, 0.6) is 0 Å². The lowest BCUT2D eigenvalue weighted by Gasteiger charge is -2.35. The van der Waals surface area contributed by atoms with Crippen LogP contribution < -0.4 is 0 Å². The van der Waals surface area contributed by atoms with E-state index in [1.54, 1.807) is 6.92 Å². The molecule has 0 aromatic heterocycles. The molecule has 1 atom stereocenters. The molecule has 0 spiro atoms. The predicted octanol–water partition coefficient (Wildman–Crippen LogP) is 12.1. The van der Waals surface area contributed by atoms with Gasteiger partial charge >= 0.3 is 8.80 Å². The van der Waals surface area contributed by atoms with E-state index in [1.165, 1.54) is 122 Å². The van der Waals surface area contributed by atoms with Crippen molar-refractivity contribution in [3.8, 4) is 0 Å². The Balaban J connectivity index is 4.06. The molecule has 0 aromatic rings. The Morgan fingerprint density at radius 3 is 1.13 bits per heavy atom. The van der Waals surface area contributed by atoms with Crippen molar-refractivity contribution in [1.29, 1.82) is 0 Å². The summed E-state index contributed by atoms with van der Waals surface area (Å²) in [6, 6.07) is 0.724. The molecule has 0 aromatic carbocycles. The standard InChI is InChI=1S/C33H69FO3Si/c1-6-10-12-14-16-18-19-20-21-22-23-24-25-27-29-31-33(5,34)37-38(35-8-3,36-9-4)32-30-28-26-17-15-13-11-7-2/h6-32H2,1-5H3. The van der Waals surface area contributed by atoms with E-state index in [0.29, 0.717) is 19.6 Å². The smallest absolute Gasteiger partial charge is 0.374 e. The first-order valence-corrected chi connectivity index (χ1v) is 19.1. The van der Waals surface area contributed by atoms with Crippen molar-refractivity contribution in [2.45, 2.75) is 201 Å². The molecule has 0 N–H and O–H groups in total. The Hall–Kier alpha value is 0.0269. The van der Waals surface area contributed by atoms with Crippen molar-refractivity contribution in [3.05, 3.63) is 0 Å². The second kappa shape index (κ2) is 27.2. The van der Waals surface area contributed by atoms with Gasteiger partial charge in [0, 0.05) is 25.7 Å². The summed E-state index contributed by atoms with van der Waals surface area (Å²) in [6.07, 6.45) is 30.1. The van der Waals surface area contributed by atoms with Gasteiger partial charge in [-0.3, -0.25) is 0 Å². The minimum absolute atomic E-state index is 0.428. The maximum absolute atomic E-state index is 15.5. The maximum atomic E-state index is 15.5. The normalized spacial score (nSPS) is 13.7. The first-order valence-electron chi connectivity index (χ1n) is 17.1. The van der Waals surface area contributed by atoms with E-state index in [0.717, 1.165) is 31.7 Å². The van der Waals surface area contributed by atoms with Gasteiger partial charge in [-0.05, 0) is 33.6 Å². The lowest BCUT2D eigenvalue weighted by Crippen LogP contribution is -2.51. The summed E-state index contributed by atoms with van der Waals surface area (Å²) < 4.78 is 33.7. The van der Waals surface area contributed by atoms with Gasteiger partial charge in [0.15, 0.2) is 0 Å². The number of unbranched alkanes of at least 4 members (excludes halogenated alkanes) is 21. The molecule has 38 heavy (non-hydrogen) atoms. The third kappa shape index (κ3) is 23.9. The van der Waals surface area contributed by atoms with Crippen molar-refractivity contribution in [2.24, 2.45) is 0 Å². The number of rotatable bonds is 31. The zero-order valence-corrected chi connectivity index (χ0v) is 27.7. The molecule has 0 saturated heterocycles. The van der Waals surface area contributed by atoms with Gasteiger partial charge < -0.3 is 13.3 Å². The maximum Gasteiger partial charge on any atom is 0.503 e. The summed E-state index contributed by atoms with van der Waals surface area (Å²) in [5.74, 6) is -1.67. The zero-order valence-electron chi connectivity index (χ0n) is 26.7. The quantitative estimate of drug-likeness (QED) is 0.0623. The fourth-order valence-electron chi connectivity index (χ4n) is 5.40. The highest BCUT2D eigenvalue weighted by Crippen LogP contribution is 2.31. The van der Waals surface area contributed by atoms with Gasteiger partial charge in [0.25, 0.3) is 0 Å². The molecule has 0 bridgehead atoms. The molecule has 0 aliphatic carbocycles. The molecule has 1 unspecified atom stereocenters. The summed E-state index contributed by atoms with van der Waals surface area (Å²) in [4.78, 5) is 0. The van der Waals surface area contributed by atoms with Gasteiger partial charge in [-0.25, -0.2) is 4.39 Å². The van der Waals surface area contributed by atoms with E-state index in [2.05, 4.69) is 13.8 Å². The lowest BCUT2D eigenvalue weighted by atomic mass is 10.0. The van der Waals surface area contributed by atoms with E-state index < -0.39 is 14.7 Å². The average Bonchev–Trinajstić information content (AvgIpc) is 2.88. The van der Waals surface area contributed by atoms with Gasteiger partial charge in [-0.2, -0.15) is 0 Å². The number of alkyl halides is 1. The van der Waals surface area contributed by atoms with Crippen molar-refractivity contribution in [3.63, 3.8) is 0 Å². The molecule has 230 valence electrons. The SMILES string of the molecule is CCCCCCCCCCCCCCCCCC(C)(F)O[Si](CCCCCCCCCC)(OCC)OCC. The molecule has 0 radical (unpaired) electrons. The second-order valence-electron chi connectivity index (χ2n) is 11.7. The van der Waals surface area contributed by atoms with Crippen LogP contribution in [-0.2, 0) is 13.3 Å². The molecule has 0 rings (SSSR count). The third-order valence-corrected chi connectivity index (χ3v) is 10.8. The van der Waals surface area contributed by atoms with Crippen LogP contribution in [0.4, 0.5) is 4.39 Å². The summed E-state index contributed by atoms with van der Waals surface area (Å²) in [5, 5.41) is 0. The van der Waals surface area contributed by atoms with E-state index in [1.807, 2.05) is 13.8 Å². The fraction of sp³-hybridized carbons (Fsp3) is 1.00. The summed E-state index contributed by atoms with van der Waals surface area (Å²) >= 11 is 0. The van der Waals surface area contributed by atoms with Crippen molar-refractivity contribution < 1.29 is 17.7 Å². The van der Waals surface area contributed by atoms with Gasteiger partial charge in [-0.1, -0.05) is 149 Å². The number of halogens is 1. The van der Waals surface area contributed by atoms with Gasteiger partial charge in [0.1, 0.15) is 0 Å². The molecule has 0 amide bonds. The van der Waals surface area contributed by atoms with Crippen LogP contribution in [0.3, 0.4) is 0 Å². The van der Waals surface area contributed by atoms with E-state index in [9.17, 15) is 0 Å². The van der Waals surface area contributed by atoms with Crippen LogP contribution in [0, 0.1) is 0 Å². The molecule has 0 aliphatic rings. The number of hydrogen-bond donors (Lipinski definition) is 0. The molecule has 0 heterocycles. The first-order chi connectivity index (χ1) is 18.4. The van der Waals surface area contributed by atoms with Crippen molar-refractivity contribution >= 4 is 8.80 Å². The second-order valence-corrected chi connectivity index (χ2v) is 14.3. The van der Waals surface area contributed by atoms with Crippen molar-refractivity contribution in [1.82, 2.24) is 0 Å². The van der Waals surface area contributed by atoms with E-state index in [-0.39, 0.29) is 0 Å². The van der Waals surface area contributed by atoms with Gasteiger partial charge in [-0.15, -0.1) is 0 Å². The molecule has 0 aliphatic heterocycles. The molecule has 0 saturated carbocycles. The largest absolute Gasteiger partial charge is 0.503 e. The van der Waals surface area contributed by atoms with Crippen LogP contribution in [0.2, 0.25) is 6.04 Å². The van der Waals surface area contributed by atoms with Crippen LogP contribution in [0.25, 0.3) is 0 Å². The highest BCUT2D eigenvalue weighted by Gasteiger charge is 2.46. The Labute approximate surface area is 240 Å². The first kappa shape index (κ1) is 38.0. The minimum Gasteiger partial charge on any atom is -0.374 e. The Morgan fingerprint density at radius 2 is 0.789 bits per heavy atom. The number of hydrogen-bond acceptors (Lipinski definition) is 3. The predicted molar refractivity (Wildman–Crippen MR) is 167 cm³/mol. The molecule has 5 heteroatoms. The summed E-state index contributed by atoms with van der Waals surface area (Å²) in [6.45, 7) is 11.1. The van der Waals surface area contributed by atoms with Crippen LogP contribution in [-0.4, -0.2) is 27.9 Å². The van der Waals surface area contributed by atoms with Gasteiger partial charge in [0.05, 0.1) is 0 Å². The van der Waals surface area contributed by atoms with Crippen LogP contribution in [0.1, 0.15) is 189 Å². The average molecular weight is 561 g/mol. The summed E-state index contributed by atoms with van der Waals surface area (Å²) in [5.41, 5.74) is 0. The molecule has 0 fully saturated rings. The summed E-state index contributed by atoms with van der Waals surface area (Å²) in [7, 11) is -3.00. The Morgan fingerprint density at radius 1 is 0.474 bits per heavy atom. The van der Waals surface area contributed by atoms with E-state index in [4.69, 9.17) is 13.3 Å². The fourth-order valence-corrected chi connectivity index (χ4v) is 8.30. The molecular formula is C33H69FO3Si. The Kier molecular flexibility index (Phi) is 27.2.